The van der Waals surface area contributed by atoms with Crippen LogP contribution in [0.2, 0.25) is 0 Å². The van der Waals surface area contributed by atoms with Crippen LogP contribution in [0.4, 0.5) is 0 Å². The summed E-state index contributed by atoms with van der Waals surface area (Å²) in [6.45, 7) is 8.44. The second kappa shape index (κ2) is 4.70. The van der Waals surface area contributed by atoms with Gasteiger partial charge in [0.15, 0.2) is 11.5 Å². The fraction of sp³-hybridized carbons (Fsp3) is 0.333. The number of rotatable bonds is 4. The van der Waals surface area contributed by atoms with Crippen LogP contribution in [0.1, 0.15) is 19.4 Å². The van der Waals surface area contributed by atoms with Crippen molar-refractivity contribution < 1.29 is 9.47 Å². The molecule has 2 nitrogen and oxygen atoms in total. The van der Waals surface area contributed by atoms with E-state index in [-0.39, 0.29) is 0 Å². The summed E-state index contributed by atoms with van der Waals surface area (Å²) < 4.78 is 10.6. The third-order valence-electron chi connectivity index (χ3n) is 1.96. The van der Waals surface area contributed by atoms with Crippen molar-refractivity contribution in [2.45, 2.75) is 13.8 Å². The van der Waals surface area contributed by atoms with Crippen LogP contribution in [0.15, 0.2) is 24.8 Å². The van der Waals surface area contributed by atoms with Gasteiger partial charge in [-0.25, -0.2) is 0 Å². The molecule has 0 bridgehead atoms. The van der Waals surface area contributed by atoms with Crippen molar-refractivity contribution >= 4 is 5.57 Å². The second-order valence-corrected chi connectivity index (χ2v) is 3.08. The number of methoxy groups -OCH3 is 1. The Morgan fingerprint density at radius 2 is 2.07 bits per heavy atom. The van der Waals surface area contributed by atoms with Gasteiger partial charge in [-0.2, -0.15) is 0 Å². The Balaban J connectivity index is 3.07. The highest BCUT2D eigenvalue weighted by atomic mass is 16.5. The van der Waals surface area contributed by atoms with E-state index in [0.29, 0.717) is 6.61 Å². The van der Waals surface area contributed by atoms with E-state index in [1.807, 2.05) is 32.0 Å². The molecular formula is C12H16O2. The van der Waals surface area contributed by atoms with E-state index in [2.05, 4.69) is 6.58 Å². The van der Waals surface area contributed by atoms with E-state index in [1.165, 1.54) is 0 Å². The zero-order valence-corrected chi connectivity index (χ0v) is 8.96. The molecule has 0 aliphatic heterocycles. The van der Waals surface area contributed by atoms with E-state index in [9.17, 15) is 0 Å². The Kier molecular flexibility index (Phi) is 3.57. The first kappa shape index (κ1) is 10.6. The van der Waals surface area contributed by atoms with Gasteiger partial charge in [-0.1, -0.05) is 18.2 Å². The molecule has 0 aromatic heterocycles. The molecule has 0 heterocycles. The smallest absolute Gasteiger partial charge is 0.161 e. The fourth-order valence-electron chi connectivity index (χ4n) is 1.21. The summed E-state index contributed by atoms with van der Waals surface area (Å²) >= 11 is 0. The maximum Gasteiger partial charge on any atom is 0.161 e. The minimum atomic E-state index is 0.635. The third kappa shape index (κ3) is 2.28. The molecule has 2 heteroatoms. The van der Waals surface area contributed by atoms with Crippen LogP contribution in [0, 0.1) is 0 Å². The molecule has 0 aliphatic carbocycles. The average molecular weight is 192 g/mol. The normalized spacial score (nSPS) is 9.64. The molecule has 0 unspecified atom stereocenters. The molecule has 0 fully saturated rings. The molecule has 0 amide bonds. The lowest BCUT2D eigenvalue weighted by Gasteiger charge is -2.10. The van der Waals surface area contributed by atoms with Crippen molar-refractivity contribution in [3.05, 3.63) is 30.3 Å². The van der Waals surface area contributed by atoms with Gasteiger partial charge < -0.3 is 9.47 Å². The Hall–Kier alpha value is -1.44. The Bertz CT molecular complexity index is 329. The summed E-state index contributed by atoms with van der Waals surface area (Å²) in [7, 11) is 1.64. The number of hydrogen-bond donors (Lipinski definition) is 0. The van der Waals surface area contributed by atoms with Gasteiger partial charge in [-0.05, 0) is 31.5 Å². The van der Waals surface area contributed by atoms with Gasteiger partial charge >= 0.3 is 0 Å². The van der Waals surface area contributed by atoms with Gasteiger partial charge in [0.25, 0.3) is 0 Å². The van der Waals surface area contributed by atoms with E-state index in [4.69, 9.17) is 9.47 Å². The largest absolute Gasteiger partial charge is 0.493 e. The first-order valence-corrected chi connectivity index (χ1v) is 4.65. The van der Waals surface area contributed by atoms with Crippen molar-refractivity contribution in [2.24, 2.45) is 0 Å². The Morgan fingerprint density at radius 1 is 1.36 bits per heavy atom. The van der Waals surface area contributed by atoms with E-state index in [0.717, 1.165) is 22.6 Å². The van der Waals surface area contributed by atoms with Gasteiger partial charge in [-0.15, -0.1) is 0 Å². The van der Waals surface area contributed by atoms with E-state index in [1.54, 1.807) is 7.11 Å². The highest BCUT2D eigenvalue weighted by Gasteiger charge is 2.04. The monoisotopic (exact) mass is 192 g/mol. The number of benzene rings is 1. The first-order valence-electron chi connectivity index (χ1n) is 4.65. The molecule has 1 rings (SSSR count). The summed E-state index contributed by atoms with van der Waals surface area (Å²) in [5.41, 5.74) is 2.10. The molecule has 0 radical (unpaired) electrons. The van der Waals surface area contributed by atoms with Crippen molar-refractivity contribution in [2.75, 3.05) is 13.7 Å². The number of allylic oxidation sites excluding steroid dienone is 1. The van der Waals surface area contributed by atoms with E-state index >= 15 is 0 Å². The maximum absolute atomic E-state index is 5.45. The predicted octanol–water partition coefficient (Wildman–Crippen LogP) is 3.13. The van der Waals surface area contributed by atoms with Crippen LogP contribution in [0.5, 0.6) is 11.5 Å². The molecular weight excluding hydrogens is 176 g/mol. The predicted molar refractivity (Wildman–Crippen MR) is 58.9 cm³/mol. The third-order valence-corrected chi connectivity index (χ3v) is 1.96. The van der Waals surface area contributed by atoms with Crippen LogP contribution in [0.25, 0.3) is 5.57 Å². The molecule has 0 spiro atoms. The fourth-order valence-corrected chi connectivity index (χ4v) is 1.21. The van der Waals surface area contributed by atoms with Crippen molar-refractivity contribution in [3.63, 3.8) is 0 Å². The Morgan fingerprint density at radius 3 is 2.57 bits per heavy atom. The molecule has 76 valence electrons. The maximum atomic E-state index is 5.45. The molecule has 1 aromatic rings. The van der Waals surface area contributed by atoms with Gasteiger partial charge in [0.1, 0.15) is 0 Å². The minimum Gasteiger partial charge on any atom is -0.493 e. The van der Waals surface area contributed by atoms with Crippen LogP contribution in [0.3, 0.4) is 0 Å². The molecule has 0 atom stereocenters. The number of hydrogen-bond acceptors (Lipinski definition) is 2. The van der Waals surface area contributed by atoms with Gasteiger partial charge in [0.2, 0.25) is 0 Å². The zero-order chi connectivity index (χ0) is 10.6. The van der Waals surface area contributed by atoms with Gasteiger partial charge in [0.05, 0.1) is 13.7 Å². The van der Waals surface area contributed by atoms with Crippen molar-refractivity contribution in [3.8, 4) is 11.5 Å². The van der Waals surface area contributed by atoms with Gasteiger partial charge in [0, 0.05) is 0 Å². The highest BCUT2D eigenvalue weighted by molar-refractivity contribution is 5.64. The average Bonchev–Trinajstić information content (AvgIpc) is 2.18. The zero-order valence-electron chi connectivity index (χ0n) is 8.96. The molecule has 0 aliphatic rings. The lowest BCUT2D eigenvalue weighted by Crippen LogP contribution is -1.95. The van der Waals surface area contributed by atoms with Crippen LogP contribution < -0.4 is 9.47 Å². The molecule has 0 saturated heterocycles. The standard InChI is InChI=1S/C12H16O2/c1-5-14-12-8-10(9(2)3)6-7-11(12)13-4/h6-8H,2,5H2,1,3-4H3. The van der Waals surface area contributed by atoms with Crippen LogP contribution in [-0.4, -0.2) is 13.7 Å². The minimum absolute atomic E-state index is 0.635. The lowest BCUT2D eigenvalue weighted by atomic mass is 10.1. The molecule has 0 saturated carbocycles. The molecule has 0 N–H and O–H groups in total. The summed E-state index contributed by atoms with van der Waals surface area (Å²) in [5, 5.41) is 0. The second-order valence-electron chi connectivity index (χ2n) is 3.08. The topological polar surface area (TPSA) is 18.5 Å². The van der Waals surface area contributed by atoms with Crippen LogP contribution in [-0.2, 0) is 0 Å². The van der Waals surface area contributed by atoms with Crippen molar-refractivity contribution in [1.29, 1.82) is 0 Å². The van der Waals surface area contributed by atoms with Crippen molar-refractivity contribution in [1.82, 2.24) is 0 Å². The SMILES string of the molecule is C=C(C)c1ccc(OC)c(OCC)c1. The molecule has 14 heavy (non-hydrogen) atoms. The summed E-state index contributed by atoms with van der Waals surface area (Å²) in [5.74, 6) is 1.53. The quantitative estimate of drug-likeness (QED) is 0.729. The van der Waals surface area contributed by atoms with Gasteiger partial charge in [-0.3, -0.25) is 0 Å². The summed E-state index contributed by atoms with van der Waals surface area (Å²) in [4.78, 5) is 0. The van der Waals surface area contributed by atoms with Crippen LogP contribution >= 0.6 is 0 Å². The highest BCUT2D eigenvalue weighted by Crippen LogP contribution is 2.29. The van der Waals surface area contributed by atoms with E-state index < -0.39 is 0 Å². The summed E-state index contributed by atoms with van der Waals surface area (Å²) in [6.07, 6.45) is 0. The lowest BCUT2D eigenvalue weighted by molar-refractivity contribution is 0.311. The first-order chi connectivity index (χ1) is 6.69. The number of ether oxygens (including phenoxy) is 2. The Labute approximate surface area is 85.2 Å². The molecule has 1 aromatic carbocycles. The summed E-state index contributed by atoms with van der Waals surface area (Å²) in [6, 6.07) is 5.82.